The Labute approximate surface area is 145 Å². The lowest BCUT2D eigenvalue weighted by Gasteiger charge is -2.22. The van der Waals surface area contributed by atoms with Crippen molar-refractivity contribution in [2.45, 2.75) is 26.8 Å². The van der Waals surface area contributed by atoms with E-state index in [4.69, 9.17) is 0 Å². The van der Waals surface area contributed by atoms with Crippen molar-refractivity contribution in [3.8, 4) is 11.1 Å². The third-order valence-corrected chi connectivity index (χ3v) is 4.19. The number of halogens is 1. The summed E-state index contributed by atoms with van der Waals surface area (Å²) in [5.41, 5.74) is 2.72. The van der Waals surface area contributed by atoms with Crippen LogP contribution in [-0.4, -0.2) is 22.2 Å². The highest BCUT2D eigenvalue weighted by Crippen LogP contribution is 2.29. The number of rotatable bonds is 3. The smallest absolute Gasteiger partial charge is 0.413 e. The molecule has 1 aromatic heterocycles. The summed E-state index contributed by atoms with van der Waals surface area (Å²) in [5.74, 6) is 0.118. The number of aryl methyl sites for hydroxylation is 1. The topological polar surface area (TPSA) is 53.4 Å². The number of aromatic nitrogens is 1. The highest BCUT2D eigenvalue weighted by Gasteiger charge is 2.19. The third-order valence-electron chi connectivity index (χ3n) is 4.19. The fourth-order valence-electron chi connectivity index (χ4n) is 2.92. The maximum Gasteiger partial charge on any atom is 0.413 e. The quantitative estimate of drug-likeness (QED) is 0.710. The second-order valence-electron chi connectivity index (χ2n) is 6.31. The highest BCUT2D eigenvalue weighted by atomic mass is 19.1. The lowest BCUT2D eigenvalue weighted by Crippen LogP contribution is -2.36. The minimum absolute atomic E-state index is 0.211. The molecule has 0 spiro atoms. The molecule has 0 aliphatic rings. The van der Waals surface area contributed by atoms with Crippen molar-refractivity contribution >= 4 is 22.7 Å². The molecule has 0 fully saturated rings. The molecule has 3 aromatic rings. The Kier molecular flexibility index (Phi) is 4.40. The maximum atomic E-state index is 13.6. The Morgan fingerprint density at radius 2 is 1.88 bits per heavy atom. The molecule has 0 unspecified atom stereocenters. The predicted molar refractivity (Wildman–Crippen MR) is 97.5 cm³/mol. The molecule has 1 heterocycles. The molecule has 1 amide bonds. The van der Waals surface area contributed by atoms with Gasteiger partial charge in [-0.05, 0) is 67.1 Å². The fraction of sp³-hybridized carbons (Fsp3) is 0.200. The van der Waals surface area contributed by atoms with Crippen molar-refractivity contribution in [2.75, 3.05) is 4.90 Å². The number of nitrogens with zero attached hydrogens (tertiary/aromatic N) is 2. The highest BCUT2D eigenvalue weighted by molar-refractivity contribution is 5.92. The Balaban J connectivity index is 2.07. The minimum Gasteiger partial charge on any atom is -0.465 e. The summed E-state index contributed by atoms with van der Waals surface area (Å²) in [6, 6.07) is 12.0. The van der Waals surface area contributed by atoms with Gasteiger partial charge < -0.3 is 5.11 Å². The molecule has 2 aromatic carbocycles. The van der Waals surface area contributed by atoms with Crippen molar-refractivity contribution in [1.82, 2.24) is 4.98 Å². The van der Waals surface area contributed by atoms with E-state index in [0.29, 0.717) is 5.82 Å². The van der Waals surface area contributed by atoms with E-state index < -0.39 is 6.09 Å². The number of hydrogen-bond acceptors (Lipinski definition) is 2. The van der Waals surface area contributed by atoms with Gasteiger partial charge in [0, 0.05) is 17.6 Å². The van der Waals surface area contributed by atoms with Crippen molar-refractivity contribution in [3.05, 3.63) is 60.0 Å². The summed E-state index contributed by atoms with van der Waals surface area (Å²) in [5, 5.41) is 11.1. The first-order chi connectivity index (χ1) is 11.9. The van der Waals surface area contributed by atoms with Crippen molar-refractivity contribution < 1.29 is 14.3 Å². The number of carboxylic acid groups (broad SMARTS) is 1. The van der Waals surface area contributed by atoms with Gasteiger partial charge in [-0.25, -0.2) is 14.2 Å². The molecular formula is C20H19FN2O2. The molecule has 5 heteroatoms. The van der Waals surface area contributed by atoms with Crippen molar-refractivity contribution in [3.63, 3.8) is 0 Å². The van der Waals surface area contributed by atoms with E-state index in [1.54, 1.807) is 32.2 Å². The first-order valence-corrected chi connectivity index (χ1v) is 8.05. The number of anilines is 1. The molecule has 4 nitrogen and oxygen atoms in total. The van der Waals surface area contributed by atoms with Gasteiger partial charge in [-0.3, -0.25) is 4.90 Å². The Hall–Kier alpha value is -2.95. The van der Waals surface area contributed by atoms with E-state index in [9.17, 15) is 14.3 Å². The van der Waals surface area contributed by atoms with Gasteiger partial charge in [0.05, 0.1) is 0 Å². The van der Waals surface area contributed by atoms with Gasteiger partial charge in [0.2, 0.25) is 0 Å². The van der Waals surface area contributed by atoms with Gasteiger partial charge in [0.25, 0.3) is 0 Å². The van der Waals surface area contributed by atoms with E-state index in [1.165, 1.54) is 17.0 Å². The Bertz CT molecular complexity index is 954. The van der Waals surface area contributed by atoms with Crippen LogP contribution in [0.2, 0.25) is 0 Å². The van der Waals surface area contributed by atoms with E-state index in [0.717, 1.165) is 27.5 Å². The van der Waals surface area contributed by atoms with Crippen LogP contribution in [0.5, 0.6) is 0 Å². The fourth-order valence-corrected chi connectivity index (χ4v) is 2.92. The van der Waals surface area contributed by atoms with Gasteiger partial charge in [-0.15, -0.1) is 0 Å². The van der Waals surface area contributed by atoms with Crippen LogP contribution in [0.3, 0.4) is 0 Å². The predicted octanol–water partition coefficient (Wildman–Crippen LogP) is 5.24. The second kappa shape index (κ2) is 6.51. The molecule has 0 aliphatic heterocycles. The summed E-state index contributed by atoms with van der Waals surface area (Å²) in [4.78, 5) is 17.0. The van der Waals surface area contributed by atoms with Gasteiger partial charge in [-0.1, -0.05) is 18.2 Å². The largest absolute Gasteiger partial charge is 0.465 e. The Morgan fingerprint density at radius 3 is 2.56 bits per heavy atom. The van der Waals surface area contributed by atoms with Crippen LogP contribution in [-0.2, 0) is 0 Å². The summed E-state index contributed by atoms with van der Waals surface area (Å²) >= 11 is 0. The number of benzene rings is 2. The zero-order valence-electron chi connectivity index (χ0n) is 14.3. The van der Waals surface area contributed by atoms with Gasteiger partial charge >= 0.3 is 6.09 Å². The molecule has 3 rings (SSSR count). The molecule has 0 bridgehead atoms. The van der Waals surface area contributed by atoms with E-state index in [1.807, 2.05) is 25.1 Å². The van der Waals surface area contributed by atoms with Crippen molar-refractivity contribution in [1.29, 1.82) is 0 Å². The number of fused-ring (bicyclic) bond motifs is 1. The molecule has 0 radical (unpaired) electrons. The Morgan fingerprint density at radius 1 is 1.12 bits per heavy atom. The number of hydrogen-bond donors (Lipinski definition) is 1. The number of amides is 1. The molecule has 0 atom stereocenters. The van der Waals surface area contributed by atoms with E-state index in [2.05, 4.69) is 4.98 Å². The average Bonchev–Trinajstić information content (AvgIpc) is 2.56. The first kappa shape index (κ1) is 16.9. The lowest BCUT2D eigenvalue weighted by molar-refractivity contribution is 0.200. The van der Waals surface area contributed by atoms with Crippen molar-refractivity contribution in [2.24, 2.45) is 0 Å². The SMILES string of the molecule is Cc1ccc(F)cc1-c1ccc2cc(N(C(=O)O)C(C)C)ncc2c1. The molecular weight excluding hydrogens is 319 g/mol. The zero-order valence-corrected chi connectivity index (χ0v) is 14.3. The average molecular weight is 338 g/mol. The van der Waals surface area contributed by atoms with Crippen LogP contribution in [0.1, 0.15) is 19.4 Å². The molecule has 0 aliphatic carbocycles. The maximum absolute atomic E-state index is 13.6. The number of carbonyl (C=O) groups is 1. The third kappa shape index (κ3) is 3.31. The van der Waals surface area contributed by atoms with Gasteiger partial charge in [0.1, 0.15) is 11.6 Å². The molecule has 0 saturated carbocycles. The number of pyridine rings is 1. The minimum atomic E-state index is -1.03. The van der Waals surface area contributed by atoms with Crippen LogP contribution in [0.25, 0.3) is 21.9 Å². The first-order valence-electron chi connectivity index (χ1n) is 8.05. The van der Waals surface area contributed by atoms with Crippen LogP contribution in [0, 0.1) is 12.7 Å². The normalized spacial score (nSPS) is 11.1. The molecule has 1 N–H and O–H groups in total. The van der Waals surface area contributed by atoms with E-state index in [-0.39, 0.29) is 11.9 Å². The summed E-state index contributed by atoms with van der Waals surface area (Å²) in [6.45, 7) is 5.54. The van der Waals surface area contributed by atoms with Crippen LogP contribution < -0.4 is 4.90 Å². The lowest BCUT2D eigenvalue weighted by atomic mass is 9.98. The zero-order chi connectivity index (χ0) is 18.1. The summed E-state index contributed by atoms with van der Waals surface area (Å²) in [7, 11) is 0. The van der Waals surface area contributed by atoms with Crippen LogP contribution in [0.4, 0.5) is 15.0 Å². The molecule has 0 saturated heterocycles. The standard InChI is InChI=1S/C20H19FN2O2/c1-12(2)23(20(24)25)19-9-14-5-6-15(8-16(14)11-22-19)18-10-17(21)7-4-13(18)3/h4-12H,1-3H3,(H,24,25). The van der Waals surface area contributed by atoms with E-state index >= 15 is 0 Å². The van der Waals surface area contributed by atoms with Crippen LogP contribution in [0.15, 0.2) is 48.7 Å². The van der Waals surface area contributed by atoms with Gasteiger partial charge in [0.15, 0.2) is 0 Å². The summed E-state index contributed by atoms with van der Waals surface area (Å²) < 4.78 is 13.6. The monoisotopic (exact) mass is 338 g/mol. The van der Waals surface area contributed by atoms with Crippen LogP contribution >= 0.6 is 0 Å². The molecule has 128 valence electrons. The molecule has 25 heavy (non-hydrogen) atoms. The summed E-state index contributed by atoms with van der Waals surface area (Å²) in [6.07, 6.45) is 0.620. The second-order valence-corrected chi connectivity index (χ2v) is 6.31. The van der Waals surface area contributed by atoms with Gasteiger partial charge in [-0.2, -0.15) is 0 Å².